The van der Waals surface area contributed by atoms with Gasteiger partial charge < -0.3 is 10.6 Å². The molecule has 0 unspecified atom stereocenters. The van der Waals surface area contributed by atoms with Crippen LogP contribution in [-0.4, -0.2) is 11.8 Å². The van der Waals surface area contributed by atoms with Crippen LogP contribution in [0.2, 0.25) is 10.0 Å². The van der Waals surface area contributed by atoms with Crippen LogP contribution in [0.3, 0.4) is 0 Å². The van der Waals surface area contributed by atoms with E-state index in [1.54, 1.807) is 36.4 Å². The normalized spacial score (nSPS) is 10.8. The van der Waals surface area contributed by atoms with Gasteiger partial charge in [0.1, 0.15) is 0 Å². The van der Waals surface area contributed by atoms with Crippen molar-refractivity contribution in [3.8, 4) is 0 Å². The van der Waals surface area contributed by atoms with Gasteiger partial charge in [0.2, 0.25) is 0 Å². The van der Waals surface area contributed by atoms with E-state index in [-0.39, 0.29) is 11.5 Å². The summed E-state index contributed by atoms with van der Waals surface area (Å²) in [5, 5.41) is 8.21. The number of carbonyl (C=O) groups excluding carboxylic acids is 2. The Morgan fingerprint density at radius 2 is 1.58 bits per heavy atom. The lowest BCUT2D eigenvalue weighted by Gasteiger charge is -2.12. The molecule has 1 aromatic heterocycles. The SMILES string of the molecule is O=C(Nc1ccc(Cl)cc1)c1cc(Cl)ccc1NC(=O)c1sc2ccccc2c1CBr. The highest BCUT2D eigenvalue weighted by atomic mass is 79.9. The molecule has 8 heteroatoms. The van der Waals surface area contributed by atoms with Crippen molar-refractivity contribution in [3.05, 3.63) is 92.8 Å². The van der Waals surface area contributed by atoms with Crippen molar-refractivity contribution in [2.45, 2.75) is 5.33 Å². The second kappa shape index (κ2) is 9.40. The first-order valence-corrected chi connectivity index (χ1v) is 11.9. The summed E-state index contributed by atoms with van der Waals surface area (Å²) < 4.78 is 1.03. The first-order valence-electron chi connectivity index (χ1n) is 9.20. The zero-order valence-corrected chi connectivity index (χ0v) is 19.8. The van der Waals surface area contributed by atoms with Gasteiger partial charge in [-0.1, -0.05) is 57.3 Å². The largest absolute Gasteiger partial charge is 0.322 e. The van der Waals surface area contributed by atoms with Crippen LogP contribution in [0.5, 0.6) is 0 Å². The van der Waals surface area contributed by atoms with Crippen molar-refractivity contribution in [2.75, 3.05) is 10.6 Å². The minimum Gasteiger partial charge on any atom is -0.322 e. The van der Waals surface area contributed by atoms with E-state index >= 15 is 0 Å². The quantitative estimate of drug-likeness (QED) is 0.259. The van der Waals surface area contributed by atoms with E-state index in [4.69, 9.17) is 23.2 Å². The third-order valence-electron chi connectivity index (χ3n) is 4.61. The molecular weight excluding hydrogens is 519 g/mol. The lowest BCUT2D eigenvalue weighted by molar-refractivity contribution is 0.102. The molecule has 0 saturated heterocycles. The molecule has 0 aliphatic heterocycles. The molecule has 4 rings (SSSR count). The minimum absolute atomic E-state index is 0.261. The summed E-state index contributed by atoms with van der Waals surface area (Å²) in [6.45, 7) is 0. The van der Waals surface area contributed by atoms with Gasteiger partial charge in [0.15, 0.2) is 0 Å². The average molecular weight is 534 g/mol. The molecule has 0 spiro atoms. The average Bonchev–Trinajstić information content (AvgIpc) is 3.15. The molecule has 0 fully saturated rings. The van der Waals surface area contributed by atoms with Crippen LogP contribution in [0, 0.1) is 0 Å². The van der Waals surface area contributed by atoms with Crippen LogP contribution in [0.1, 0.15) is 25.6 Å². The van der Waals surface area contributed by atoms with Crippen molar-refractivity contribution < 1.29 is 9.59 Å². The molecule has 4 aromatic rings. The van der Waals surface area contributed by atoms with Crippen LogP contribution in [-0.2, 0) is 5.33 Å². The van der Waals surface area contributed by atoms with Gasteiger partial charge >= 0.3 is 0 Å². The van der Waals surface area contributed by atoms with Gasteiger partial charge in [0.05, 0.1) is 16.1 Å². The number of carbonyl (C=O) groups is 2. The van der Waals surface area contributed by atoms with E-state index in [0.29, 0.717) is 31.6 Å². The van der Waals surface area contributed by atoms with Crippen molar-refractivity contribution in [1.82, 2.24) is 0 Å². The van der Waals surface area contributed by atoms with E-state index in [1.807, 2.05) is 24.3 Å². The number of amides is 2. The molecule has 1 heterocycles. The summed E-state index contributed by atoms with van der Waals surface area (Å²) >= 11 is 16.9. The molecule has 0 saturated carbocycles. The summed E-state index contributed by atoms with van der Waals surface area (Å²) in [7, 11) is 0. The van der Waals surface area contributed by atoms with Gasteiger partial charge in [-0.25, -0.2) is 0 Å². The lowest BCUT2D eigenvalue weighted by atomic mass is 10.1. The van der Waals surface area contributed by atoms with Crippen LogP contribution in [0.25, 0.3) is 10.1 Å². The number of anilines is 2. The molecule has 2 N–H and O–H groups in total. The van der Waals surface area contributed by atoms with Crippen molar-refractivity contribution >= 4 is 83.7 Å². The Balaban J connectivity index is 1.64. The van der Waals surface area contributed by atoms with Gasteiger partial charge in [-0.3, -0.25) is 9.59 Å². The maximum Gasteiger partial charge on any atom is 0.266 e. The summed E-state index contributed by atoms with van der Waals surface area (Å²) in [6, 6.07) is 19.4. The monoisotopic (exact) mass is 532 g/mol. The molecular formula is C23H15BrCl2N2O2S. The highest BCUT2D eigenvalue weighted by Crippen LogP contribution is 2.34. The smallest absolute Gasteiger partial charge is 0.266 e. The summed E-state index contributed by atoms with van der Waals surface area (Å²) in [4.78, 5) is 26.6. The molecule has 156 valence electrons. The zero-order chi connectivity index (χ0) is 22.0. The van der Waals surface area contributed by atoms with Crippen molar-refractivity contribution in [2.24, 2.45) is 0 Å². The fraction of sp³-hybridized carbons (Fsp3) is 0.0435. The second-order valence-corrected chi connectivity index (χ2v) is 9.13. The number of fused-ring (bicyclic) bond motifs is 1. The number of thiophene rings is 1. The van der Waals surface area contributed by atoms with Crippen LogP contribution in [0.4, 0.5) is 11.4 Å². The first-order chi connectivity index (χ1) is 15.0. The molecule has 0 bridgehead atoms. The highest BCUT2D eigenvalue weighted by molar-refractivity contribution is 9.08. The van der Waals surface area contributed by atoms with Gasteiger partial charge in [-0.2, -0.15) is 0 Å². The maximum atomic E-state index is 13.1. The number of rotatable bonds is 5. The Labute approximate surface area is 201 Å². The molecule has 0 radical (unpaired) electrons. The van der Waals surface area contributed by atoms with Crippen LogP contribution >= 0.6 is 50.5 Å². The Kier molecular flexibility index (Phi) is 6.62. The number of nitrogens with one attached hydrogen (secondary N) is 2. The van der Waals surface area contributed by atoms with Crippen molar-refractivity contribution in [1.29, 1.82) is 0 Å². The molecule has 4 nitrogen and oxygen atoms in total. The Hall–Kier alpha value is -2.38. The number of hydrogen-bond acceptors (Lipinski definition) is 3. The number of alkyl halides is 1. The standard InChI is InChI=1S/C23H15BrCl2N2O2S/c24-12-18-16-3-1-2-4-20(16)31-21(18)23(30)28-19-10-7-14(26)11-17(19)22(29)27-15-8-5-13(25)6-9-15/h1-11H,12H2,(H,27,29)(H,28,30). The molecule has 0 aliphatic carbocycles. The lowest BCUT2D eigenvalue weighted by Crippen LogP contribution is -2.18. The zero-order valence-electron chi connectivity index (χ0n) is 15.9. The third-order valence-corrected chi connectivity index (χ3v) is 6.87. The molecule has 3 aromatic carbocycles. The van der Waals surface area contributed by atoms with Crippen LogP contribution < -0.4 is 10.6 Å². The van der Waals surface area contributed by atoms with Crippen LogP contribution in [0.15, 0.2) is 66.7 Å². The molecule has 31 heavy (non-hydrogen) atoms. The molecule has 0 atom stereocenters. The minimum atomic E-state index is -0.392. The molecule has 0 aliphatic rings. The first kappa shape index (κ1) is 21.8. The topological polar surface area (TPSA) is 58.2 Å². The van der Waals surface area contributed by atoms with E-state index in [9.17, 15) is 9.59 Å². The Morgan fingerprint density at radius 3 is 2.32 bits per heavy atom. The van der Waals surface area contributed by atoms with Gasteiger partial charge in [-0.15, -0.1) is 11.3 Å². The summed E-state index contributed by atoms with van der Waals surface area (Å²) in [5.74, 6) is -0.671. The third kappa shape index (κ3) is 4.77. The van der Waals surface area contributed by atoms with E-state index in [2.05, 4.69) is 26.6 Å². The van der Waals surface area contributed by atoms with Gasteiger partial charge in [0, 0.05) is 25.8 Å². The maximum absolute atomic E-state index is 13.1. The summed E-state index contributed by atoms with van der Waals surface area (Å²) in [6.07, 6.45) is 0. The van der Waals surface area contributed by atoms with E-state index in [1.165, 1.54) is 17.4 Å². The Morgan fingerprint density at radius 1 is 0.871 bits per heavy atom. The summed E-state index contributed by atoms with van der Waals surface area (Å²) in [5.41, 5.74) is 2.13. The van der Waals surface area contributed by atoms with E-state index < -0.39 is 5.91 Å². The van der Waals surface area contributed by atoms with Gasteiger partial charge in [0.25, 0.3) is 11.8 Å². The second-order valence-electron chi connectivity index (χ2n) is 6.64. The Bertz CT molecular complexity index is 1290. The molecule has 2 amide bonds. The number of hydrogen-bond donors (Lipinski definition) is 2. The number of benzene rings is 3. The van der Waals surface area contributed by atoms with E-state index in [0.717, 1.165) is 15.6 Å². The predicted molar refractivity (Wildman–Crippen MR) is 133 cm³/mol. The van der Waals surface area contributed by atoms with Crippen molar-refractivity contribution in [3.63, 3.8) is 0 Å². The predicted octanol–water partition coefficient (Wildman–Crippen LogP) is 7.61. The fourth-order valence-corrected chi connectivity index (χ4v) is 5.32. The fourth-order valence-electron chi connectivity index (χ4n) is 3.14. The number of halogens is 3. The highest BCUT2D eigenvalue weighted by Gasteiger charge is 2.20. The van der Waals surface area contributed by atoms with Gasteiger partial charge in [-0.05, 0) is 59.5 Å².